The van der Waals surface area contributed by atoms with Gasteiger partial charge in [0.25, 0.3) is 10.0 Å². The van der Waals surface area contributed by atoms with Gasteiger partial charge in [-0.25, -0.2) is 17.8 Å². The van der Waals surface area contributed by atoms with Gasteiger partial charge in [0.15, 0.2) is 9.22 Å². The second kappa shape index (κ2) is 6.52. The van der Waals surface area contributed by atoms with Gasteiger partial charge < -0.3 is 0 Å². The highest BCUT2D eigenvalue weighted by Crippen LogP contribution is 2.29. The molecule has 2 aromatic rings. The summed E-state index contributed by atoms with van der Waals surface area (Å²) in [5, 5.41) is 8.88. The minimum absolute atomic E-state index is 0.0276. The Hall–Kier alpha value is -1.82. The fourth-order valence-electron chi connectivity index (χ4n) is 2.11. The van der Waals surface area contributed by atoms with E-state index in [1.165, 1.54) is 22.6 Å². The van der Waals surface area contributed by atoms with E-state index >= 15 is 0 Å². The Bertz CT molecular complexity index is 794. The van der Waals surface area contributed by atoms with Crippen LogP contribution in [0.4, 0.5) is 4.39 Å². The molecule has 0 amide bonds. The minimum Gasteiger partial charge on any atom is -0.233 e. The van der Waals surface area contributed by atoms with Crippen LogP contribution in [0.2, 0.25) is 0 Å². The molecule has 0 N–H and O–H groups in total. The highest BCUT2D eigenvalue weighted by Gasteiger charge is 2.30. The van der Waals surface area contributed by atoms with E-state index in [1.807, 2.05) is 6.07 Å². The summed E-state index contributed by atoms with van der Waals surface area (Å²) in [5.41, 5.74) is 0.692. The molecule has 0 radical (unpaired) electrons. The SMILES string of the molecule is CCN([C@H](C)c1ccc(F)cc1)S(=O)(=O)c1cnc(C#N)s1. The zero-order chi connectivity index (χ0) is 16.3. The summed E-state index contributed by atoms with van der Waals surface area (Å²) in [5.74, 6) is -0.372. The number of benzene rings is 1. The van der Waals surface area contributed by atoms with Crippen LogP contribution in [0.5, 0.6) is 0 Å². The Kier molecular flexibility index (Phi) is 4.90. The Labute approximate surface area is 132 Å². The molecule has 0 spiro atoms. The first-order valence-corrected chi connectivity index (χ1v) is 8.79. The smallest absolute Gasteiger partial charge is 0.233 e. The van der Waals surface area contributed by atoms with Gasteiger partial charge in [-0.2, -0.15) is 9.57 Å². The second-order valence-corrected chi connectivity index (χ2v) is 7.68. The third-order valence-corrected chi connectivity index (χ3v) is 6.62. The Morgan fingerprint density at radius 1 is 1.41 bits per heavy atom. The summed E-state index contributed by atoms with van der Waals surface area (Å²) in [6.07, 6.45) is 1.19. The predicted octanol–water partition coefficient (Wildman–Crippen LogP) is 2.93. The van der Waals surface area contributed by atoms with Gasteiger partial charge in [-0.05, 0) is 24.6 Å². The molecule has 1 heterocycles. The van der Waals surface area contributed by atoms with E-state index in [0.717, 1.165) is 11.3 Å². The van der Waals surface area contributed by atoms with Crippen molar-refractivity contribution in [2.45, 2.75) is 24.1 Å². The van der Waals surface area contributed by atoms with Crippen LogP contribution < -0.4 is 0 Å². The third-order valence-electron chi connectivity index (χ3n) is 3.24. The molecule has 1 atom stereocenters. The Morgan fingerprint density at radius 2 is 2.05 bits per heavy atom. The summed E-state index contributed by atoms with van der Waals surface area (Å²) in [6.45, 7) is 3.71. The summed E-state index contributed by atoms with van der Waals surface area (Å²) in [7, 11) is -3.75. The van der Waals surface area contributed by atoms with Crippen molar-refractivity contribution in [3.8, 4) is 6.07 Å². The molecular weight excluding hydrogens is 325 g/mol. The maximum absolute atomic E-state index is 13.0. The van der Waals surface area contributed by atoms with E-state index in [0.29, 0.717) is 5.56 Å². The highest BCUT2D eigenvalue weighted by molar-refractivity contribution is 7.91. The number of nitrogens with zero attached hydrogens (tertiary/aromatic N) is 3. The number of aromatic nitrogens is 1. The van der Waals surface area contributed by atoms with E-state index < -0.39 is 16.1 Å². The number of hydrogen-bond acceptors (Lipinski definition) is 5. The summed E-state index contributed by atoms with van der Waals surface area (Å²) in [4.78, 5) is 3.76. The van der Waals surface area contributed by atoms with Gasteiger partial charge in [-0.1, -0.05) is 30.4 Å². The number of nitriles is 1. The first-order chi connectivity index (χ1) is 10.4. The molecular formula is C14H14FN3O2S2. The molecule has 22 heavy (non-hydrogen) atoms. The van der Waals surface area contributed by atoms with Gasteiger partial charge in [0, 0.05) is 12.6 Å². The molecule has 0 saturated heterocycles. The normalized spacial score (nSPS) is 13.0. The number of halogens is 1. The maximum atomic E-state index is 13.0. The van der Waals surface area contributed by atoms with E-state index in [-0.39, 0.29) is 21.6 Å². The van der Waals surface area contributed by atoms with Crippen LogP contribution in [0.3, 0.4) is 0 Å². The van der Waals surface area contributed by atoms with Crippen LogP contribution in [-0.4, -0.2) is 24.3 Å². The van der Waals surface area contributed by atoms with E-state index in [1.54, 1.807) is 26.0 Å². The Balaban J connectivity index is 2.37. The zero-order valence-corrected chi connectivity index (χ0v) is 13.7. The molecule has 0 unspecified atom stereocenters. The molecule has 0 aliphatic heterocycles. The molecule has 0 saturated carbocycles. The first kappa shape index (κ1) is 16.5. The fraction of sp³-hybridized carbons (Fsp3) is 0.286. The highest BCUT2D eigenvalue weighted by atomic mass is 32.2. The van der Waals surface area contributed by atoms with E-state index in [4.69, 9.17) is 5.26 Å². The summed E-state index contributed by atoms with van der Waals surface area (Å²) < 4.78 is 39.7. The summed E-state index contributed by atoms with van der Waals surface area (Å²) >= 11 is 0.837. The minimum atomic E-state index is -3.75. The van der Waals surface area contributed by atoms with Crippen LogP contribution in [0.1, 0.15) is 30.5 Å². The van der Waals surface area contributed by atoms with Crippen LogP contribution in [-0.2, 0) is 10.0 Å². The van der Waals surface area contributed by atoms with Crippen molar-refractivity contribution in [2.24, 2.45) is 0 Å². The lowest BCUT2D eigenvalue weighted by Crippen LogP contribution is -2.33. The molecule has 0 fully saturated rings. The van der Waals surface area contributed by atoms with Crippen molar-refractivity contribution in [3.63, 3.8) is 0 Å². The molecule has 116 valence electrons. The molecule has 0 aliphatic carbocycles. The number of rotatable bonds is 5. The standard InChI is InChI=1S/C14H14FN3O2S2/c1-3-18(10(2)11-4-6-12(15)7-5-11)22(19,20)14-9-17-13(8-16)21-14/h4-7,9-10H,3H2,1-2H3/t10-/m1/s1. The van der Waals surface area contributed by atoms with Crippen molar-refractivity contribution in [1.29, 1.82) is 5.26 Å². The quantitative estimate of drug-likeness (QED) is 0.839. The lowest BCUT2D eigenvalue weighted by molar-refractivity contribution is 0.358. The lowest BCUT2D eigenvalue weighted by Gasteiger charge is -2.26. The molecule has 1 aromatic carbocycles. The number of hydrogen-bond donors (Lipinski definition) is 0. The number of sulfonamides is 1. The second-order valence-electron chi connectivity index (χ2n) is 4.53. The van der Waals surface area contributed by atoms with Crippen molar-refractivity contribution < 1.29 is 12.8 Å². The van der Waals surface area contributed by atoms with Gasteiger partial charge >= 0.3 is 0 Å². The molecule has 2 rings (SSSR count). The largest absolute Gasteiger partial charge is 0.254 e. The maximum Gasteiger partial charge on any atom is 0.254 e. The molecule has 0 bridgehead atoms. The molecule has 5 nitrogen and oxygen atoms in total. The van der Waals surface area contributed by atoms with Gasteiger partial charge in [-0.15, -0.1) is 0 Å². The lowest BCUT2D eigenvalue weighted by atomic mass is 10.1. The number of thiazole rings is 1. The monoisotopic (exact) mass is 339 g/mol. The topological polar surface area (TPSA) is 74.1 Å². The third kappa shape index (κ3) is 3.16. The van der Waals surface area contributed by atoms with Gasteiger partial charge in [0.2, 0.25) is 0 Å². The van der Waals surface area contributed by atoms with Crippen LogP contribution in [0.25, 0.3) is 0 Å². The van der Waals surface area contributed by atoms with Crippen molar-refractivity contribution in [2.75, 3.05) is 6.54 Å². The summed E-state index contributed by atoms with van der Waals surface area (Å²) in [6, 6.07) is 7.09. The average molecular weight is 339 g/mol. The van der Waals surface area contributed by atoms with Crippen molar-refractivity contribution >= 4 is 21.4 Å². The molecule has 0 aliphatic rings. The molecule has 1 aromatic heterocycles. The Morgan fingerprint density at radius 3 is 2.55 bits per heavy atom. The van der Waals surface area contributed by atoms with Gasteiger partial charge in [0.05, 0.1) is 6.20 Å². The van der Waals surface area contributed by atoms with Gasteiger partial charge in [-0.3, -0.25) is 0 Å². The van der Waals surface area contributed by atoms with Crippen LogP contribution in [0, 0.1) is 17.1 Å². The predicted molar refractivity (Wildman–Crippen MR) is 81.2 cm³/mol. The van der Waals surface area contributed by atoms with Crippen molar-refractivity contribution in [1.82, 2.24) is 9.29 Å². The van der Waals surface area contributed by atoms with Gasteiger partial charge in [0.1, 0.15) is 11.9 Å². The molecule has 8 heteroatoms. The van der Waals surface area contributed by atoms with Crippen LogP contribution >= 0.6 is 11.3 Å². The van der Waals surface area contributed by atoms with Crippen LogP contribution in [0.15, 0.2) is 34.7 Å². The van der Waals surface area contributed by atoms with E-state index in [2.05, 4.69) is 4.98 Å². The average Bonchev–Trinajstić information content (AvgIpc) is 2.98. The fourth-order valence-corrected chi connectivity index (χ4v) is 4.79. The van der Waals surface area contributed by atoms with E-state index in [9.17, 15) is 12.8 Å². The first-order valence-electron chi connectivity index (χ1n) is 6.53. The zero-order valence-electron chi connectivity index (χ0n) is 12.0. The van der Waals surface area contributed by atoms with Crippen molar-refractivity contribution in [3.05, 3.63) is 46.9 Å².